The minimum Gasteiger partial charge on any atom is -0.497 e. The molecule has 0 saturated heterocycles. The molecule has 0 atom stereocenters. The minimum atomic E-state index is 0.834. The van der Waals surface area contributed by atoms with Crippen LogP contribution in [0.5, 0.6) is 5.75 Å². The second-order valence-electron chi connectivity index (χ2n) is 6.60. The van der Waals surface area contributed by atoms with E-state index in [0.717, 1.165) is 22.5 Å². The van der Waals surface area contributed by atoms with Crippen LogP contribution in [0.3, 0.4) is 0 Å². The van der Waals surface area contributed by atoms with Crippen LogP contribution in [0, 0.1) is 0 Å². The molecule has 4 rings (SSSR count). The van der Waals surface area contributed by atoms with Crippen molar-refractivity contribution in [2.24, 2.45) is 0 Å². The van der Waals surface area contributed by atoms with E-state index in [-0.39, 0.29) is 0 Å². The topological polar surface area (TPSA) is 12.5 Å². The van der Waals surface area contributed by atoms with Crippen molar-refractivity contribution in [3.63, 3.8) is 0 Å². The summed E-state index contributed by atoms with van der Waals surface area (Å²) in [6.07, 6.45) is 2.18. The molecule has 1 heterocycles. The number of benzene rings is 3. The van der Waals surface area contributed by atoms with Gasteiger partial charge in [0.05, 0.1) is 7.11 Å². The third-order valence-corrected chi connectivity index (χ3v) is 7.63. The van der Waals surface area contributed by atoms with Crippen molar-refractivity contribution in [1.29, 1.82) is 0 Å². The quantitative estimate of drug-likeness (QED) is 0.595. The van der Waals surface area contributed by atoms with Crippen LogP contribution in [0.4, 0.5) is 11.4 Å². The lowest BCUT2D eigenvalue weighted by atomic mass is 9.91. The molecule has 136 valence electrons. The normalized spacial score (nSPS) is 12.5. The Kier molecular flexibility index (Phi) is 5.10. The Labute approximate surface area is 168 Å². The molecule has 2 nitrogen and oxygen atoms in total. The van der Waals surface area contributed by atoms with Gasteiger partial charge in [-0.05, 0) is 46.2 Å². The Morgan fingerprint density at radius 2 is 1.44 bits per heavy atom. The zero-order valence-electron chi connectivity index (χ0n) is 15.9. The third-order valence-electron chi connectivity index (χ3n) is 5.09. The zero-order chi connectivity index (χ0) is 18.8. The fraction of sp³-hybridized carbons (Fsp3) is 0.130. The first-order valence-corrected chi connectivity index (χ1v) is 11.3. The zero-order valence-corrected chi connectivity index (χ0v) is 18.7. The van der Waals surface area contributed by atoms with E-state index in [0.29, 0.717) is 0 Å². The molecule has 0 bridgehead atoms. The number of methoxy groups -OCH3 is 1. The van der Waals surface area contributed by atoms with E-state index in [1.807, 2.05) is 23.9 Å². The fourth-order valence-corrected chi connectivity index (χ4v) is 4.64. The molecular formula is C23H23NOSSi. The summed E-state index contributed by atoms with van der Waals surface area (Å²) in [5, 5.41) is 0. The molecule has 1 aliphatic heterocycles. The van der Waals surface area contributed by atoms with Gasteiger partial charge in [-0.15, -0.1) is 11.8 Å². The summed E-state index contributed by atoms with van der Waals surface area (Å²) >= 11 is 1.88. The second-order valence-corrected chi connectivity index (χ2v) is 9.35. The van der Waals surface area contributed by atoms with E-state index >= 15 is 0 Å². The van der Waals surface area contributed by atoms with Gasteiger partial charge in [-0.3, -0.25) is 0 Å². The highest BCUT2D eigenvalue weighted by Gasteiger charge is 2.27. The first-order valence-electron chi connectivity index (χ1n) is 9.07. The molecule has 0 amide bonds. The Morgan fingerprint density at radius 3 is 1.96 bits per heavy atom. The number of rotatable bonds is 4. The highest BCUT2D eigenvalue weighted by Crippen LogP contribution is 2.47. The van der Waals surface area contributed by atoms with Crippen LogP contribution < -0.4 is 9.64 Å². The molecule has 0 aliphatic carbocycles. The summed E-state index contributed by atoms with van der Waals surface area (Å²) in [7, 11) is 2.75. The van der Waals surface area contributed by atoms with Gasteiger partial charge in [0.25, 0.3) is 0 Å². The number of fused-ring (bicyclic) bond motifs is 2. The maximum Gasteiger partial charge on any atom is 0.118 e. The van der Waals surface area contributed by atoms with Crippen LogP contribution in [-0.4, -0.2) is 23.6 Å². The van der Waals surface area contributed by atoms with Gasteiger partial charge in [-0.25, -0.2) is 0 Å². The van der Waals surface area contributed by atoms with E-state index in [9.17, 15) is 0 Å². The summed E-state index contributed by atoms with van der Waals surface area (Å²) in [6.45, 7) is 0.834. The molecule has 0 radical (unpaired) electrons. The van der Waals surface area contributed by atoms with Crippen molar-refractivity contribution in [2.45, 2.75) is 6.54 Å². The van der Waals surface area contributed by atoms with Gasteiger partial charge in [-0.1, -0.05) is 48.5 Å². The SMILES string of the molecule is COc1ccc(CN2c3ccccc3C(=C([SiH3])SC)c3ccccc32)cc1. The van der Waals surface area contributed by atoms with Gasteiger partial charge in [0, 0.05) is 39.3 Å². The van der Waals surface area contributed by atoms with Crippen LogP contribution >= 0.6 is 11.8 Å². The van der Waals surface area contributed by atoms with Crippen LogP contribution in [0.25, 0.3) is 5.57 Å². The molecule has 3 aromatic carbocycles. The van der Waals surface area contributed by atoms with Gasteiger partial charge in [0.2, 0.25) is 0 Å². The lowest BCUT2D eigenvalue weighted by Crippen LogP contribution is -2.23. The van der Waals surface area contributed by atoms with Crippen LogP contribution in [0.15, 0.2) is 77.3 Å². The number of hydrogen-bond donors (Lipinski definition) is 0. The molecule has 1 aliphatic rings. The first-order chi connectivity index (χ1) is 13.2. The van der Waals surface area contributed by atoms with E-state index in [4.69, 9.17) is 4.74 Å². The van der Waals surface area contributed by atoms with Crippen molar-refractivity contribution in [2.75, 3.05) is 18.3 Å². The monoisotopic (exact) mass is 389 g/mol. The average Bonchev–Trinajstić information content (AvgIpc) is 2.73. The Balaban J connectivity index is 1.86. The summed E-state index contributed by atoms with van der Waals surface area (Å²) in [5.74, 6) is 0.893. The second kappa shape index (κ2) is 7.67. The highest BCUT2D eigenvalue weighted by atomic mass is 32.2. The molecule has 0 fully saturated rings. The van der Waals surface area contributed by atoms with Crippen LogP contribution in [-0.2, 0) is 6.54 Å². The lowest BCUT2D eigenvalue weighted by Gasteiger charge is -2.35. The first kappa shape index (κ1) is 18.0. The smallest absolute Gasteiger partial charge is 0.118 e. The Hall–Kier alpha value is -2.43. The molecule has 0 saturated carbocycles. The number of para-hydroxylation sites is 2. The molecule has 3 aromatic rings. The van der Waals surface area contributed by atoms with E-state index in [1.54, 1.807) is 7.11 Å². The van der Waals surface area contributed by atoms with Crippen LogP contribution in [0.2, 0.25) is 0 Å². The van der Waals surface area contributed by atoms with Gasteiger partial charge in [0.1, 0.15) is 5.75 Å². The predicted molar refractivity (Wildman–Crippen MR) is 121 cm³/mol. The summed E-state index contributed by atoms with van der Waals surface area (Å²) < 4.78 is 6.79. The number of thioether (sulfide) groups is 1. The van der Waals surface area contributed by atoms with Crippen molar-refractivity contribution >= 4 is 39.0 Å². The van der Waals surface area contributed by atoms with E-state index < -0.39 is 0 Å². The summed E-state index contributed by atoms with van der Waals surface area (Å²) in [6, 6.07) is 25.9. The standard InChI is InChI=1S/C23H23NOSSi/c1-25-17-13-11-16(12-14-17)15-24-20-9-5-3-7-18(20)22(23(27)26-2)19-8-4-6-10-21(19)24/h3-14H,15H2,1-2,27H3. The largest absolute Gasteiger partial charge is 0.497 e. The molecule has 0 spiro atoms. The minimum absolute atomic E-state index is 0.834. The molecule has 0 unspecified atom stereocenters. The van der Waals surface area contributed by atoms with Gasteiger partial charge >= 0.3 is 0 Å². The number of ether oxygens (including phenoxy) is 1. The van der Waals surface area contributed by atoms with Crippen molar-refractivity contribution in [1.82, 2.24) is 0 Å². The molecule has 0 aromatic heterocycles. The molecule has 27 heavy (non-hydrogen) atoms. The predicted octanol–water partition coefficient (Wildman–Crippen LogP) is 4.79. The fourth-order valence-electron chi connectivity index (χ4n) is 3.68. The van der Waals surface area contributed by atoms with Crippen molar-refractivity contribution < 1.29 is 4.74 Å². The summed E-state index contributed by atoms with van der Waals surface area (Å²) in [5.41, 5.74) is 7.91. The van der Waals surface area contributed by atoms with Gasteiger partial charge < -0.3 is 9.64 Å². The maximum atomic E-state index is 5.31. The molecular weight excluding hydrogens is 366 g/mol. The maximum absolute atomic E-state index is 5.31. The van der Waals surface area contributed by atoms with Gasteiger partial charge in [-0.2, -0.15) is 0 Å². The van der Waals surface area contributed by atoms with E-state index in [2.05, 4.69) is 71.8 Å². The number of nitrogens with zero attached hydrogens (tertiary/aromatic N) is 1. The molecule has 0 N–H and O–H groups in total. The lowest BCUT2D eigenvalue weighted by molar-refractivity contribution is 0.414. The summed E-state index contributed by atoms with van der Waals surface area (Å²) in [4.78, 5) is 2.44. The number of anilines is 2. The Bertz CT molecular complexity index is 948. The van der Waals surface area contributed by atoms with E-state index in [1.165, 1.54) is 38.2 Å². The number of hydrogen-bond acceptors (Lipinski definition) is 3. The Morgan fingerprint density at radius 1 is 0.889 bits per heavy atom. The van der Waals surface area contributed by atoms with Crippen molar-refractivity contribution in [3.05, 3.63) is 94.0 Å². The van der Waals surface area contributed by atoms with Crippen molar-refractivity contribution in [3.8, 4) is 5.75 Å². The van der Waals surface area contributed by atoms with Gasteiger partial charge in [0.15, 0.2) is 0 Å². The van der Waals surface area contributed by atoms with Crippen LogP contribution in [0.1, 0.15) is 16.7 Å². The molecule has 4 heteroatoms. The average molecular weight is 390 g/mol. The highest BCUT2D eigenvalue weighted by molar-refractivity contribution is 8.04. The third kappa shape index (κ3) is 3.31.